The summed E-state index contributed by atoms with van der Waals surface area (Å²) in [6.07, 6.45) is 6.40. The van der Waals surface area contributed by atoms with Crippen LogP contribution in [0.3, 0.4) is 0 Å². The van der Waals surface area contributed by atoms with Gasteiger partial charge < -0.3 is 15.7 Å². The normalized spacial score (nSPS) is 24.1. The fraction of sp³-hybridized carbons (Fsp3) is 0.786. The SMILES string of the molecule is CCNC(=NCC1(O)CCC1)NC1CCc2ncnn2C1. The van der Waals surface area contributed by atoms with E-state index in [0.717, 1.165) is 57.0 Å². The number of rotatable bonds is 4. The molecule has 7 heteroatoms. The lowest BCUT2D eigenvalue weighted by Crippen LogP contribution is -2.48. The predicted molar refractivity (Wildman–Crippen MR) is 80.0 cm³/mol. The Morgan fingerprint density at radius 3 is 3.14 bits per heavy atom. The van der Waals surface area contributed by atoms with Crippen molar-refractivity contribution < 1.29 is 5.11 Å². The lowest BCUT2D eigenvalue weighted by molar-refractivity contribution is -0.0236. The number of fused-ring (bicyclic) bond motifs is 1. The van der Waals surface area contributed by atoms with Gasteiger partial charge >= 0.3 is 0 Å². The Labute approximate surface area is 124 Å². The topological polar surface area (TPSA) is 87.4 Å². The van der Waals surface area contributed by atoms with E-state index in [2.05, 4.69) is 25.7 Å². The number of nitrogens with zero attached hydrogens (tertiary/aromatic N) is 4. The minimum absolute atomic E-state index is 0.299. The van der Waals surface area contributed by atoms with Crippen molar-refractivity contribution in [2.75, 3.05) is 13.1 Å². The van der Waals surface area contributed by atoms with Crippen molar-refractivity contribution in [1.29, 1.82) is 0 Å². The molecule has 1 atom stereocenters. The fourth-order valence-corrected chi connectivity index (χ4v) is 2.84. The fourth-order valence-electron chi connectivity index (χ4n) is 2.84. The third kappa shape index (κ3) is 3.34. The highest BCUT2D eigenvalue weighted by Gasteiger charge is 2.34. The summed E-state index contributed by atoms with van der Waals surface area (Å²) in [6.45, 7) is 4.14. The number of aryl methyl sites for hydroxylation is 1. The Morgan fingerprint density at radius 1 is 1.57 bits per heavy atom. The summed E-state index contributed by atoms with van der Waals surface area (Å²) < 4.78 is 1.95. The molecule has 116 valence electrons. The second-order valence-electron chi connectivity index (χ2n) is 6.01. The van der Waals surface area contributed by atoms with Crippen molar-refractivity contribution in [3.63, 3.8) is 0 Å². The van der Waals surface area contributed by atoms with E-state index in [0.29, 0.717) is 12.6 Å². The van der Waals surface area contributed by atoms with E-state index in [1.807, 2.05) is 11.6 Å². The van der Waals surface area contributed by atoms with Crippen molar-refractivity contribution in [3.8, 4) is 0 Å². The Balaban J connectivity index is 1.58. The van der Waals surface area contributed by atoms with E-state index < -0.39 is 5.60 Å². The standard InChI is InChI=1S/C14H24N6O/c1-2-15-13(16-9-14(21)6-3-7-14)19-11-4-5-12-17-10-18-20(12)8-11/h10-11,21H,2-9H2,1H3,(H2,15,16,19). The first-order valence-corrected chi connectivity index (χ1v) is 7.82. The Hall–Kier alpha value is -1.63. The molecule has 3 N–H and O–H groups in total. The highest BCUT2D eigenvalue weighted by Crippen LogP contribution is 2.31. The zero-order valence-electron chi connectivity index (χ0n) is 12.5. The predicted octanol–water partition coefficient (Wildman–Crippen LogP) is 0.0630. The summed E-state index contributed by atoms with van der Waals surface area (Å²) in [5, 5.41) is 21.1. The van der Waals surface area contributed by atoms with Crippen LogP contribution in [0.2, 0.25) is 0 Å². The lowest BCUT2D eigenvalue weighted by Gasteiger charge is -2.35. The van der Waals surface area contributed by atoms with Crippen LogP contribution in [0.1, 0.15) is 38.4 Å². The molecule has 1 fully saturated rings. The van der Waals surface area contributed by atoms with Crippen molar-refractivity contribution in [1.82, 2.24) is 25.4 Å². The van der Waals surface area contributed by atoms with Crippen molar-refractivity contribution in [3.05, 3.63) is 12.2 Å². The number of hydrogen-bond acceptors (Lipinski definition) is 4. The van der Waals surface area contributed by atoms with Crippen LogP contribution in [0.15, 0.2) is 11.3 Å². The van der Waals surface area contributed by atoms with Gasteiger partial charge in [0.15, 0.2) is 5.96 Å². The van der Waals surface area contributed by atoms with Gasteiger partial charge in [0.25, 0.3) is 0 Å². The summed E-state index contributed by atoms with van der Waals surface area (Å²) in [6, 6.07) is 0.299. The Morgan fingerprint density at radius 2 is 2.43 bits per heavy atom. The summed E-state index contributed by atoms with van der Waals surface area (Å²) in [5.74, 6) is 1.84. The quantitative estimate of drug-likeness (QED) is 0.540. The van der Waals surface area contributed by atoms with E-state index in [1.54, 1.807) is 6.33 Å². The minimum atomic E-state index is -0.575. The van der Waals surface area contributed by atoms with Crippen LogP contribution < -0.4 is 10.6 Å². The smallest absolute Gasteiger partial charge is 0.191 e. The minimum Gasteiger partial charge on any atom is -0.388 e. The largest absolute Gasteiger partial charge is 0.388 e. The first-order chi connectivity index (χ1) is 10.2. The van der Waals surface area contributed by atoms with Gasteiger partial charge in [-0.2, -0.15) is 5.10 Å². The van der Waals surface area contributed by atoms with E-state index in [-0.39, 0.29) is 0 Å². The second-order valence-corrected chi connectivity index (χ2v) is 6.01. The van der Waals surface area contributed by atoms with Crippen LogP contribution >= 0.6 is 0 Å². The van der Waals surface area contributed by atoms with Gasteiger partial charge in [-0.1, -0.05) is 0 Å². The third-order valence-corrected chi connectivity index (χ3v) is 4.31. The molecule has 0 saturated heterocycles. The number of aromatic nitrogens is 3. The number of aliphatic hydroxyl groups is 1. The van der Waals surface area contributed by atoms with E-state index in [1.165, 1.54) is 0 Å². The molecule has 0 amide bonds. The molecule has 3 rings (SSSR count). The maximum absolute atomic E-state index is 10.2. The summed E-state index contributed by atoms with van der Waals surface area (Å²) in [4.78, 5) is 8.78. The Kier molecular flexibility index (Phi) is 4.10. The first-order valence-electron chi connectivity index (χ1n) is 7.82. The third-order valence-electron chi connectivity index (χ3n) is 4.31. The summed E-state index contributed by atoms with van der Waals surface area (Å²) in [7, 11) is 0. The molecule has 0 spiro atoms. The maximum atomic E-state index is 10.2. The van der Waals surface area contributed by atoms with Gasteiger partial charge in [0, 0.05) is 19.0 Å². The molecule has 1 aliphatic heterocycles. The van der Waals surface area contributed by atoms with Crippen molar-refractivity contribution in [2.24, 2.45) is 4.99 Å². The van der Waals surface area contributed by atoms with Gasteiger partial charge in [-0.15, -0.1) is 0 Å². The van der Waals surface area contributed by atoms with Gasteiger partial charge in [0.05, 0.1) is 18.7 Å². The molecule has 1 unspecified atom stereocenters. The van der Waals surface area contributed by atoms with Crippen LogP contribution in [0, 0.1) is 0 Å². The van der Waals surface area contributed by atoms with Crippen LogP contribution in [-0.4, -0.2) is 50.6 Å². The van der Waals surface area contributed by atoms with Gasteiger partial charge in [-0.05, 0) is 32.6 Å². The lowest BCUT2D eigenvalue weighted by atomic mass is 9.80. The summed E-state index contributed by atoms with van der Waals surface area (Å²) in [5.41, 5.74) is -0.575. The molecule has 1 saturated carbocycles. The van der Waals surface area contributed by atoms with Gasteiger partial charge in [-0.3, -0.25) is 4.99 Å². The van der Waals surface area contributed by atoms with Crippen molar-refractivity contribution >= 4 is 5.96 Å². The van der Waals surface area contributed by atoms with Gasteiger partial charge in [-0.25, -0.2) is 9.67 Å². The van der Waals surface area contributed by atoms with Gasteiger partial charge in [0.1, 0.15) is 12.2 Å². The van der Waals surface area contributed by atoms with Crippen LogP contribution in [0.5, 0.6) is 0 Å². The van der Waals surface area contributed by atoms with Crippen LogP contribution in [0.25, 0.3) is 0 Å². The van der Waals surface area contributed by atoms with Crippen molar-refractivity contribution in [2.45, 2.75) is 57.2 Å². The van der Waals surface area contributed by atoms with E-state index in [9.17, 15) is 5.11 Å². The van der Waals surface area contributed by atoms with Gasteiger partial charge in [0.2, 0.25) is 0 Å². The highest BCUT2D eigenvalue weighted by atomic mass is 16.3. The van der Waals surface area contributed by atoms with Crippen LogP contribution in [-0.2, 0) is 13.0 Å². The van der Waals surface area contributed by atoms with E-state index in [4.69, 9.17) is 0 Å². The zero-order chi connectivity index (χ0) is 14.7. The molecule has 0 bridgehead atoms. The highest BCUT2D eigenvalue weighted by molar-refractivity contribution is 5.80. The average Bonchev–Trinajstić information content (AvgIpc) is 2.90. The number of aliphatic imine (C=N–C) groups is 1. The Bertz CT molecular complexity index is 507. The molecular weight excluding hydrogens is 268 g/mol. The molecule has 0 aromatic carbocycles. The molecule has 1 aliphatic carbocycles. The number of hydrogen-bond donors (Lipinski definition) is 3. The summed E-state index contributed by atoms with van der Waals surface area (Å²) >= 11 is 0. The molecular formula is C14H24N6O. The van der Waals surface area contributed by atoms with E-state index >= 15 is 0 Å². The zero-order valence-corrected chi connectivity index (χ0v) is 12.5. The first kappa shape index (κ1) is 14.3. The molecule has 7 nitrogen and oxygen atoms in total. The maximum Gasteiger partial charge on any atom is 0.191 e. The molecule has 1 aromatic heterocycles. The average molecular weight is 292 g/mol. The van der Waals surface area contributed by atoms with Crippen LogP contribution in [0.4, 0.5) is 0 Å². The molecule has 21 heavy (non-hydrogen) atoms. The molecule has 2 aliphatic rings. The number of guanidine groups is 1. The second kappa shape index (κ2) is 6.01. The number of nitrogens with one attached hydrogen (secondary N) is 2. The molecule has 0 radical (unpaired) electrons. The monoisotopic (exact) mass is 292 g/mol. The molecule has 2 heterocycles. The molecule has 1 aromatic rings.